The normalized spacial score (nSPS) is 10.9. The predicted molar refractivity (Wildman–Crippen MR) is 62.8 cm³/mol. The second-order valence-corrected chi connectivity index (χ2v) is 4.45. The fourth-order valence-corrected chi connectivity index (χ4v) is 1.11. The minimum atomic E-state index is -0.233. The lowest BCUT2D eigenvalue weighted by molar-refractivity contribution is -0.120. The van der Waals surface area contributed by atoms with Crippen molar-refractivity contribution >= 4 is 17.7 Å². The van der Waals surface area contributed by atoms with Crippen molar-refractivity contribution in [2.45, 2.75) is 26.3 Å². The molecule has 0 atom stereocenters. The van der Waals surface area contributed by atoms with E-state index in [2.05, 4.69) is 20.6 Å². The van der Waals surface area contributed by atoms with E-state index in [0.717, 1.165) is 0 Å². The monoisotopic (exact) mass is 223 g/mol. The number of nitrogen functional groups attached to an aromatic ring is 1. The van der Waals surface area contributed by atoms with Crippen molar-refractivity contribution in [1.82, 2.24) is 15.3 Å². The highest BCUT2D eigenvalue weighted by Crippen LogP contribution is 2.02. The number of rotatable bonds is 3. The molecule has 0 unspecified atom stereocenters. The van der Waals surface area contributed by atoms with E-state index in [1.807, 2.05) is 20.8 Å². The van der Waals surface area contributed by atoms with E-state index >= 15 is 0 Å². The van der Waals surface area contributed by atoms with Crippen LogP contribution in [-0.2, 0) is 4.79 Å². The second-order valence-electron chi connectivity index (χ2n) is 4.45. The summed E-state index contributed by atoms with van der Waals surface area (Å²) >= 11 is 0. The highest BCUT2D eigenvalue weighted by Gasteiger charge is 2.13. The Labute approximate surface area is 94.7 Å². The third-order valence-electron chi connectivity index (χ3n) is 1.62. The lowest BCUT2D eigenvalue weighted by atomic mass is 10.1. The third-order valence-corrected chi connectivity index (χ3v) is 1.62. The minimum Gasteiger partial charge on any atom is -0.368 e. The molecule has 0 spiro atoms. The van der Waals surface area contributed by atoms with Crippen LogP contribution in [0.15, 0.2) is 12.3 Å². The van der Waals surface area contributed by atoms with Crippen molar-refractivity contribution in [3.05, 3.63) is 12.3 Å². The average molecular weight is 223 g/mol. The summed E-state index contributed by atoms with van der Waals surface area (Å²) in [6.45, 7) is 5.93. The zero-order chi connectivity index (χ0) is 12.2. The molecule has 1 aromatic rings. The van der Waals surface area contributed by atoms with Crippen LogP contribution in [0.3, 0.4) is 0 Å². The molecule has 0 fully saturated rings. The molecule has 1 aromatic heterocycles. The summed E-state index contributed by atoms with van der Waals surface area (Å²) in [5.74, 6) is 0.627. The molecule has 6 nitrogen and oxygen atoms in total. The van der Waals surface area contributed by atoms with Gasteiger partial charge >= 0.3 is 0 Å². The number of carbonyl (C=O) groups is 1. The fraction of sp³-hybridized carbons (Fsp3) is 0.500. The van der Waals surface area contributed by atoms with E-state index < -0.39 is 0 Å². The zero-order valence-corrected chi connectivity index (χ0v) is 9.74. The van der Waals surface area contributed by atoms with Crippen LogP contribution in [0.25, 0.3) is 0 Å². The van der Waals surface area contributed by atoms with Crippen LogP contribution < -0.4 is 16.4 Å². The fourth-order valence-electron chi connectivity index (χ4n) is 1.11. The summed E-state index contributed by atoms with van der Waals surface area (Å²) in [6.07, 6.45) is 1.53. The molecule has 0 saturated carbocycles. The molecule has 1 heterocycles. The summed E-state index contributed by atoms with van der Waals surface area (Å²) < 4.78 is 0. The van der Waals surface area contributed by atoms with Gasteiger partial charge in [0.15, 0.2) is 0 Å². The van der Waals surface area contributed by atoms with E-state index in [4.69, 9.17) is 5.73 Å². The summed E-state index contributed by atoms with van der Waals surface area (Å²) in [5.41, 5.74) is 5.17. The van der Waals surface area contributed by atoms with Crippen molar-refractivity contribution in [3.63, 3.8) is 0 Å². The largest absolute Gasteiger partial charge is 0.368 e. The summed E-state index contributed by atoms with van der Waals surface area (Å²) in [6, 6.07) is 1.65. The second kappa shape index (κ2) is 4.78. The molecule has 0 bridgehead atoms. The van der Waals surface area contributed by atoms with E-state index in [0.29, 0.717) is 5.82 Å². The standard InChI is InChI=1S/C10H17N5O/c1-10(2,3)15-8(16)6-13-7-4-5-12-9(11)14-7/h4-5H,6H2,1-3H3,(H,15,16)(H3,11,12,13,14). The number of aromatic nitrogens is 2. The van der Waals surface area contributed by atoms with Gasteiger partial charge in [-0.05, 0) is 26.8 Å². The average Bonchev–Trinajstić information content (AvgIpc) is 2.12. The number of nitrogens with one attached hydrogen (secondary N) is 2. The first-order valence-corrected chi connectivity index (χ1v) is 5.00. The Morgan fingerprint density at radius 2 is 2.19 bits per heavy atom. The number of anilines is 2. The maximum Gasteiger partial charge on any atom is 0.239 e. The number of hydrogen-bond acceptors (Lipinski definition) is 5. The molecule has 88 valence electrons. The Balaban J connectivity index is 2.43. The van der Waals surface area contributed by atoms with Gasteiger partial charge in [-0.3, -0.25) is 4.79 Å². The van der Waals surface area contributed by atoms with Crippen LogP contribution in [0.4, 0.5) is 11.8 Å². The van der Waals surface area contributed by atoms with Gasteiger partial charge in [0, 0.05) is 11.7 Å². The molecular formula is C10H17N5O. The quantitative estimate of drug-likeness (QED) is 0.689. The van der Waals surface area contributed by atoms with E-state index in [1.54, 1.807) is 6.07 Å². The topological polar surface area (TPSA) is 92.9 Å². The highest BCUT2D eigenvalue weighted by atomic mass is 16.2. The number of nitrogens with two attached hydrogens (primary N) is 1. The molecule has 0 aliphatic carbocycles. The predicted octanol–water partition coefficient (Wildman–Crippen LogP) is 0.385. The van der Waals surface area contributed by atoms with Gasteiger partial charge in [-0.2, -0.15) is 4.98 Å². The lowest BCUT2D eigenvalue weighted by Crippen LogP contribution is -2.43. The van der Waals surface area contributed by atoms with Gasteiger partial charge in [-0.25, -0.2) is 4.98 Å². The van der Waals surface area contributed by atoms with Gasteiger partial charge in [-0.1, -0.05) is 0 Å². The maximum absolute atomic E-state index is 11.5. The molecule has 4 N–H and O–H groups in total. The zero-order valence-electron chi connectivity index (χ0n) is 9.74. The van der Waals surface area contributed by atoms with Crippen LogP contribution in [0.5, 0.6) is 0 Å². The van der Waals surface area contributed by atoms with Gasteiger partial charge in [0.05, 0.1) is 6.54 Å². The smallest absolute Gasteiger partial charge is 0.239 e. The maximum atomic E-state index is 11.5. The SMILES string of the molecule is CC(C)(C)NC(=O)CNc1ccnc(N)n1. The molecule has 0 aromatic carbocycles. The Bertz CT molecular complexity index is 372. The first-order valence-electron chi connectivity index (χ1n) is 5.00. The molecule has 16 heavy (non-hydrogen) atoms. The molecule has 6 heteroatoms. The van der Waals surface area contributed by atoms with E-state index in [9.17, 15) is 4.79 Å². The number of hydrogen-bond donors (Lipinski definition) is 3. The third kappa shape index (κ3) is 4.59. The van der Waals surface area contributed by atoms with Crippen molar-refractivity contribution in [2.24, 2.45) is 0 Å². The molecule has 1 amide bonds. The molecule has 0 aliphatic heterocycles. The Morgan fingerprint density at radius 1 is 1.50 bits per heavy atom. The summed E-state index contributed by atoms with van der Waals surface area (Å²) in [4.78, 5) is 19.1. The van der Waals surface area contributed by atoms with Gasteiger partial charge in [-0.15, -0.1) is 0 Å². The van der Waals surface area contributed by atoms with Gasteiger partial charge < -0.3 is 16.4 Å². The molecule has 0 saturated heterocycles. The van der Waals surface area contributed by atoms with E-state index in [-0.39, 0.29) is 23.9 Å². The molecule has 1 rings (SSSR count). The number of amides is 1. The summed E-state index contributed by atoms with van der Waals surface area (Å²) in [5, 5.41) is 5.69. The highest BCUT2D eigenvalue weighted by molar-refractivity contribution is 5.81. The van der Waals surface area contributed by atoms with E-state index in [1.165, 1.54) is 6.20 Å². The first kappa shape index (κ1) is 12.2. The molecular weight excluding hydrogens is 206 g/mol. The molecule has 0 aliphatic rings. The Hall–Kier alpha value is -1.85. The van der Waals surface area contributed by atoms with Crippen LogP contribution in [0.2, 0.25) is 0 Å². The van der Waals surface area contributed by atoms with Gasteiger partial charge in [0.2, 0.25) is 11.9 Å². The van der Waals surface area contributed by atoms with Crippen molar-refractivity contribution < 1.29 is 4.79 Å². The number of nitrogens with zero attached hydrogens (tertiary/aromatic N) is 2. The van der Waals surface area contributed by atoms with Crippen LogP contribution >= 0.6 is 0 Å². The summed E-state index contributed by atoms with van der Waals surface area (Å²) in [7, 11) is 0. The van der Waals surface area contributed by atoms with Crippen molar-refractivity contribution in [3.8, 4) is 0 Å². The van der Waals surface area contributed by atoms with Crippen molar-refractivity contribution in [2.75, 3.05) is 17.6 Å². The lowest BCUT2D eigenvalue weighted by Gasteiger charge is -2.20. The Morgan fingerprint density at radius 3 is 2.75 bits per heavy atom. The molecule has 0 radical (unpaired) electrons. The van der Waals surface area contributed by atoms with Crippen LogP contribution in [0, 0.1) is 0 Å². The van der Waals surface area contributed by atoms with Crippen LogP contribution in [-0.4, -0.2) is 28.0 Å². The first-order chi connectivity index (χ1) is 7.37. The number of carbonyl (C=O) groups excluding carboxylic acids is 1. The van der Waals surface area contributed by atoms with Gasteiger partial charge in [0.25, 0.3) is 0 Å². The Kier molecular flexibility index (Phi) is 3.65. The van der Waals surface area contributed by atoms with Crippen LogP contribution in [0.1, 0.15) is 20.8 Å². The minimum absolute atomic E-state index is 0.0929. The van der Waals surface area contributed by atoms with Crippen molar-refractivity contribution in [1.29, 1.82) is 0 Å². The van der Waals surface area contributed by atoms with Gasteiger partial charge in [0.1, 0.15) is 5.82 Å².